The Morgan fingerprint density at radius 1 is 1.14 bits per heavy atom. The Bertz CT molecular complexity index is 1070. The molecule has 2 aliphatic rings. The fraction of sp³-hybridized carbons (Fsp3) is 0.440. The van der Waals surface area contributed by atoms with Gasteiger partial charge in [0.2, 0.25) is 0 Å². The molecule has 4 N–H and O–H groups in total. The van der Waals surface area contributed by atoms with Gasteiger partial charge in [0.15, 0.2) is 0 Å². The van der Waals surface area contributed by atoms with Crippen LogP contribution in [0.2, 0.25) is 0 Å². The Hall–Kier alpha value is -3.34. The van der Waals surface area contributed by atoms with E-state index in [-0.39, 0.29) is 25.3 Å². The van der Waals surface area contributed by atoms with Gasteiger partial charge in [0, 0.05) is 30.3 Å². The predicted molar refractivity (Wildman–Crippen MR) is 131 cm³/mol. The first kappa shape index (κ1) is 24.8. The molecule has 1 fully saturated rings. The number of benzene rings is 2. The van der Waals surface area contributed by atoms with Crippen molar-refractivity contribution in [2.24, 2.45) is 0 Å². The first-order valence-electron chi connectivity index (χ1n) is 11.6. The summed E-state index contributed by atoms with van der Waals surface area (Å²) in [4.78, 5) is 34.4. The maximum atomic E-state index is 12.7. The molecule has 0 aromatic heterocycles. The average Bonchev–Trinajstić information content (AvgIpc) is 2.89. The van der Waals surface area contributed by atoms with E-state index in [1.54, 1.807) is 24.0 Å². The normalized spacial score (nSPS) is 16.5. The molecule has 4 rings (SSSR count). The minimum Gasteiger partial charge on any atom is -0.444 e. The minimum absolute atomic E-state index is 0.0266. The molecular formula is C25H32N4O6. The van der Waals surface area contributed by atoms with Gasteiger partial charge < -0.3 is 25.2 Å². The molecule has 0 atom stereocenters. The van der Waals surface area contributed by atoms with Crippen molar-refractivity contribution < 1.29 is 29.4 Å². The summed E-state index contributed by atoms with van der Waals surface area (Å²) < 4.78 is 5.40. The summed E-state index contributed by atoms with van der Waals surface area (Å²) in [5.74, 6) is -0.415. The Balaban J connectivity index is 1.49. The van der Waals surface area contributed by atoms with Crippen molar-refractivity contribution >= 4 is 29.1 Å². The summed E-state index contributed by atoms with van der Waals surface area (Å²) in [6.07, 6.45) is 1.20. The lowest BCUT2D eigenvalue weighted by Gasteiger charge is -2.41. The van der Waals surface area contributed by atoms with Crippen LogP contribution in [0.15, 0.2) is 42.5 Å². The molecule has 10 nitrogen and oxygen atoms in total. The van der Waals surface area contributed by atoms with E-state index in [0.29, 0.717) is 30.9 Å². The molecule has 0 spiro atoms. The smallest absolute Gasteiger partial charge is 0.414 e. The summed E-state index contributed by atoms with van der Waals surface area (Å²) in [7, 11) is 1.50. The first-order chi connectivity index (χ1) is 16.9. The van der Waals surface area contributed by atoms with Crippen LogP contribution in [0.1, 0.15) is 35.7 Å². The van der Waals surface area contributed by atoms with E-state index in [2.05, 4.69) is 15.7 Å². The Labute approximate surface area is 204 Å². The summed E-state index contributed by atoms with van der Waals surface area (Å²) >= 11 is 0. The van der Waals surface area contributed by atoms with Crippen LogP contribution in [0.4, 0.5) is 21.9 Å². The third-order valence-corrected chi connectivity index (χ3v) is 6.55. The summed E-state index contributed by atoms with van der Waals surface area (Å²) in [6.45, 7) is 2.49. The van der Waals surface area contributed by atoms with Gasteiger partial charge in [-0.1, -0.05) is 18.2 Å². The van der Waals surface area contributed by atoms with Crippen molar-refractivity contribution in [3.05, 3.63) is 53.6 Å². The number of cyclic esters (lactones) is 1. The summed E-state index contributed by atoms with van der Waals surface area (Å²) in [5.41, 5.74) is 5.50. The van der Waals surface area contributed by atoms with Gasteiger partial charge in [-0.15, -0.1) is 0 Å². The molecule has 0 radical (unpaired) electrons. The lowest BCUT2D eigenvalue weighted by molar-refractivity contribution is 0.0724. The highest BCUT2D eigenvalue weighted by atomic mass is 16.6. The van der Waals surface area contributed by atoms with E-state index in [0.717, 1.165) is 29.8 Å². The number of carbonyl (C=O) groups excluding carboxylic acids is 2. The zero-order valence-electron chi connectivity index (χ0n) is 20.0. The van der Waals surface area contributed by atoms with Gasteiger partial charge in [-0.05, 0) is 44.0 Å². The third kappa shape index (κ3) is 5.19. The fourth-order valence-electron chi connectivity index (χ4n) is 4.51. The number of nitrogens with one attached hydrogen (secondary N) is 2. The van der Waals surface area contributed by atoms with E-state index in [1.807, 2.05) is 30.3 Å². The van der Waals surface area contributed by atoms with Crippen molar-refractivity contribution in [1.82, 2.24) is 5.32 Å². The maximum absolute atomic E-state index is 12.7. The molecular weight excluding hydrogens is 452 g/mol. The molecule has 2 aromatic rings. The lowest BCUT2D eigenvalue weighted by Crippen LogP contribution is -2.51. The molecule has 2 aliphatic heterocycles. The number of aliphatic hydroxyl groups is 2. The number of amides is 2. The Morgan fingerprint density at radius 2 is 1.86 bits per heavy atom. The van der Waals surface area contributed by atoms with Crippen molar-refractivity contribution in [3.63, 3.8) is 0 Å². The molecule has 188 valence electrons. The van der Waals surface area contributed by atoms with Crippen molar-refractivity contribution in [3.8, 4) is 0 Å². The van der Waals surface area contributed by atoms with Gasteiger partial charge in [0.25, 0.3) is 5.91 Å². The van der Waals surface area contributed by atoms with Gasteiger partial charge in [0.05, 0.1) is 42.9 Å². The minimum atomic E-state index is -1.12. The second-order valence-corrected chi connectivity index (χ2v) is 9.14. The number of anilines is 3. The number of piperidine rings is 1. The molecule has 2 heterocycles. The second kappa shape index (κ2) is 10.5. The number of hydrogen-bond donors (Lipinski definition) is 4. The van der Waals surface area contributed by atoms with E-state index >= 15 is 0 Å². The quantitative estimate of drug-likeness (QED) is 0.421. The molecule has 35 heavy (non-hydrogen) atoms. The number of nitrogens with zero attached hydrogens (tertiary/aromatic N) is 2. The SMILES string of the molecule is CONc1cc(C(=O)NC(C)(CO)CO)ccc1N1CCC(N2C(=O)OCc3ccccc32)CC1. The molecule has 1 saturated heterocycles. The molecule has 0 aliphatic carbocycles. The lowest BCUT2D eigenvalue weighted by atomic mass is 9.99. The molecule has 0 bridgehead atoms. The molecule has 0 unspecified atom stereocenters. The van der Waals surface area contributed by atoms with Crippen LogP contribution in [0.5, 0.6) is 0 Å². The van der Waals surface area contributed by atoms with E-state index in [4.69, 9.17) is 9.57 Å². The van der Waals surface area contributed by atoms with Crippen molar-refractivity contribution in [2.45, 2.75) is 38.0 Å². The number of para-hydroxylation sites is 1. The average molecular weight is 485 g/mol. The number of hydrogen-bond acceptors (Lipinski definition) is 8. The zero-order valence-corrected chi connectivity index (χ0v) is 20.0. The molecule has 2 aromatic carbocycles. The van der Waals surface area contributed by atoms with Crippen LogP contribution in [0.25, 0.3) is 0 Å². The number of ether oxygens (including phenoxy) is 1. The van der Waals surface area contributed by atoms with Gasteiger partial charge in [0.1, 0.15) is 6.61 Å². The van der Waals surface area contributed by atoms with Crippen LogP contribution >= 0.6 is 0 Å². The van der Waals surface area contributed by atoms with Crippen LogP contribution in [0.3, 0.4) is 0 Å². The van der Waals surface area contributed by atoms with Crippen LogP contribution < -0.4 is 20.6 Å². The van der Waals surface area contributed by atoms with Gasteiger partial charge in [-0.2, -0.15) is 0 Å². The van der Waals surface area contributed by atoms with Crippen LogP contribution in [0, 0.1) is 0 Å². The zero-order chi connectivity index (χ0) is 25.0. The summed E-state index contributed by atoms with van der Waals surface area (Å²) in [5, 5.41) is 21.6. The second-order valence-electron chi connectivity index (χ2n) is 9.14. The standard InChI is InChI=1S/C25H32N4O6/c1-25(15-30,16-31)26-23(32)17-7-8-22(20(13-17)27-34-2)28-11-9-19(10-12-28)29-21-6-4-3-5-18(21)14-35-24(29)33/h3-8,13,19,27,30-31H,9-12,14-16H2,1-2H3,(H,26,32). The van der Waals surface area contributed by atoms with Crippen LogP contribution in [-0.2, 0) is 16.2 Å². The highest BCUT2D eigenvalue weighted by molar-refractivity contribution is 5.97. The topological polar surface area (TPSA) is 124 Å². The fourth-order valence-corrected chi connectivity index (χ4v) is 4.51. The number of carbonyl (C=O) groups is 2. The number of aliphatic hydroxyl groups excluding tert-OH is 2. The highest BCUT2D eigenvalue weighted by Crippen LogP contribution is 2.35. The van der Waals surface area contributed by atoms with E-state index in [9.17, 15) is 19.8 Å². The van der Waals surface area contributed by atoms with Gasteiger partial charge in [-0.3, -0.25) is 20.0 Å². The Kier molecular flexibility index (Phi) is 7.44. The van der Waals surface area contributed by atoms with Crippen LogP contribution in [-0.4, -0.2) is 67.2 Å². The third-order valence-electron chi connectivity index (χ3n) is 6.55. The number of fused-ring (bicyclic) bond motifs is 1. The molecule has 0 saturated carbocycles. The predicted octanol–water partition coefficient (Wildman–Crippen LogP) is 2.26. The van der Waals surface area contributed by atoms with E-state index in [1.165, 1.54) is 7.11 Å². The Morgan fingerprint density at radius 3 is 2.54 bits per heavy atom. The summed E-state index contributed by atoms with van der Waals surface area (Å²) in [6, 6.07) is 13.1. The maximum Gasteiger partial charge on any atom is 0.414 e. The van der Waals surface area contributed by atoms with E-state index < -0.39 is 11.4 Å². The molecule has 10 heteroatoms. The molecule has 2 amide bonds. The van der Waals surface area contributed by atoms with Gasteiger partial charge in [-0.25, -0.2) is 4.79 Å². The van der Waals surface area contributed by atoms with Crippen molar-refractivity contribution in [2.75, 3.05) is 48.7 Å². The largest absolute Gasteiger partial charge is 0.444 e. The monoisotopic (exact) mass is 484 g/mol. The number of rotatable bonds is 8. The van der Waals surface area contributed by atoms with Gasteiger partial charge >= 0.3 is 6.09 Å². The first-order valence-corrected chi connectivity index (χ1v) is 11.6. The highest BCUT2D eigenvalue weighted by Gasteiger charge is 2.34. The van der Waals surface area contributed by atoms with Crippen molar-refractivity contribution in [1.29, 1.82) is 0 Å².